The summed E-state index contributed by atoms with van der Waals surface area (Å²) in [6, 6.07) is -0.659. The van der Waals surface area contributed by atoms with Crippen molar-refractivity contribution in [2.24, 2.45) is 0 Å². The number of nitrogens with zero attached hydrogens (tertiary/aromatic N) is 1. The maximum absolute atomic E-state index is 11.5. The van der Waals surface area contributed by atoms with Gasteiger partial charge in [-0.2, -0.15) is 12.6 Å². The van der Waals surface area contributed by atoms with Crippen LogP contribution in [0, 0.1) is 0 Å². The van der Waals surface area contributed by atoms with Crippen molar-refractivity contribution >= 4 is 24.5 Å². The van der Waals surface area contributed by atoms with E-state index in [1.807, 2.05) is 21.1 Å². The number of carbonyl (C=O) groups is 2. The smallest absolute Gasteiger partial charge is 0.329 e. The summed E-state index contributed by atoms with van der Waals surface area (Å²) in [6.07, 6.45) is 0. The molecule has 0 saturated heterocycles. The van der Waals surface area contributed by atoms with Crippen molar-refractivity contribution in [1.29, 1.82) is 0 Å². The van der Waals surface area contributed by atoms with Crippen LogP contribution < -0.4 is 5.32 Å². The number of nitrogens with one attached hydrogen (secondary N) is 1. The van der Waals surface area contributed by atoms with E-state index in [2.05, 4.69) is 17.9 Å². The van der Waals surface area contributed by atoms with Crippen LogP contribution in [0.15, 0.2) is 0 Å². The molecule has 94 valence electrons. The van der Waals surface area contributed by atoms with Crippen LogP contribution in [0.5, 0.6) is 0 Å². The molecule has 0 spiro atoms. The van der Waals surface area contributed by atoms with Gasteiger partial charge in [-0.25, -0.2) is 4.79 Å². The normalized spacial score (nSPS) is 13.1. The van der Waals surface area contributed by atoms with Crippen LogP contribution in [0.25, 0.3) is 0 Å². The maximum atomic E-state index is 11.5. The second kappa shape index (κ2) is 6.75. The molecule has 1 unspecified atom stereocenters. The molecule has 1 amide bonds. The number of hydrogen-bond donors (Lipinski definition) is 2. The standard InChI is InChI=1S/C10H20N2O3S/c1-8(13)11-9(7-16)10(14)15-6-5-12(2,3)4/h9H,5-7H2,1-4H3,(H-,11,13,16)/p+1. The molecule has 5 nitrogen and oxygen atoms in total. The lowest BCUT2D eigenvalue weighted by Crippen LogP contribution is -2.44. The Labute approximate surface area is 102 Å². The molecule has 0 aliphatic rings. The molecular formula is C10H21N2O3S+. The molecule has 0 aromatic heterocycles. The van der Waals surface area contributed by atoms with E-state index < -0.39 is 12.0 Å². The van der Waals surface area contributed by atoms with Gasteiger partial charge in [0.25, 0.3) is 0 Å². The Bertz CT molecular complexity index is 251. The Kier molecular flexibility index (Phi) is 6.43. The van der Waals surface area contributed by atoms with Crippen molar-refractivity contribution < 1.29 is 18.8 Å². The van der Waals surface area contributed by atoms with Crippen LogP contribution in [0.1, 0.15) is 6.92 Å². The van der Waals surface area contributed by atoms with Crippen molar-refractivity contribution in [2.75, 3.05) is 40.0 Å². The number of carbonyl (C=O) groups excluding carboxylic acids is 2. The molecule has 6 heteroatoms. The summed E-state index contributed by atoms with van der Waals surface area (Å²) in [4.78, 5) is 22.3. The molecule has 0 radical (unpaired) electrons. The zero-order valence-electron chi connectivity index (χ0n) is 10.3. The number of quaternary nitrogens is 1. The lowest BCUT2D eigenvalue weighted by atomic mass is 10.3. The zero-order chi connectivity index (χ0) is 12.8. The first-order valence-corrected chi connectivity index (χ1v) is 5.74. The molecular weight excluding hydrogens is 228 g/mol. The van der Waals surface area contributed by atoms with Gasteiger partial charge in [-0.3, -0.25) is 4.79 Å². The Hall–Kier alpha value is -0.750. The molecule has 0 aromatic carbocycles. The summed E-state index contributed by atoms with van der Waals surface area (Å²) in [5.41, 5.74) is 0. The molecule has 1 atom stereocenters. The van der Waals surface area contributed by atoms with Gasteiger partial charge in [-0.1, -0.05) is 0 Å². The third kappa shape index (κ3) is 7.53. The lowest BCUT2D eigenvalue weighted by Gasteiger charge is -2.24. The van der Waals surface area contributed by atoms with E-state index in [1.165, 1.54) is 6.92 Å². The summed E-state index contributed by atoms with van der Waals surface area (Å²) in [5, 5.41) is 2.48. The minimum Gasteiger partial charge on any atom is -0.458 e. The summed E-state index contributed by atoms with van der Waals surface area (Å²) < 4.78 is 5.77. The topological polar surface area (TPSA) is 55.4 Å². The minimum absolute atomic E-state index is 0.239. The predicted octanol–water partition coefficient (Wildman–Crippen LogP) is -0.330. The third-order valence-electron chi connectivity index (χ3n) is 1.85. The SMILES string of the molecule is CC(=O)NC(CS)C(=O)OCC[N+](C)(C)C. The number of ether oxygens (including phenoxy) is 1. The van der Waals surface area contributed by atoms with E-state index in [0.717, 1.165) is 11.0 Å². The van der Waals surface area contributed by atoms with E-state index in [4.69, 9.17) is 4.74 Å². The average molecular weight is 249 g/mol. The van der Waals surface area contributed by atoms with Gasteiger partial charge in [-0.05, 0) is 0 Å². The minimum atomic E-state index is -0.659. The van der Waals surface area contributed by atoms with Gasteiger partial charge in [0.1, 0.15) is 19.2 Å². The van der Waals surface area contributed by atoms with E-state index in [1.54, 1.807) is 0 Å². The highest BCUT2D eigenvalue weighted by molar-refractivity contribution is 7.80. The average Bonchev–Trinajstić information content (AvgIpc) is 2.11. The summed E-state index contributed by atoms with van der Waals surface area (Å²) in [7, 11) is 6.03. The van der Waals surface area contributed by atoms with E-state index in [0.29, 0.717) is 6.61 Å². The van der Waals surface area contributed by atoms with Gasteiger partial charge in [0.05, 0.1) is 21.1 Å². The first-order valence-electron chi connectivity index (χ1n) is 5.11. The molecule has 0 rings (SSSR count). The van der Waals surface area contributed by atoms with Crippen LogP contribution in [-0.2, 0) is 14.3 Å². The van der Waals surface area contributed by atoms with Gasteiger partial charge in [-0.15, -0.1) is 0 Å². The van der Waals surface area contributed by atoms with Crippen molar-refractivity contribution in [3.63, 3.8) is 0 Å². The molecule has 16 heavy (non-hydrogen) atoms. The molecule has 0 fully saturated rings. The van der Waals surface area contributed by atoms with Crippen molar-refractivity contribution in [1.82, 2.24) is 5.32 Å². The number of thiol groups is 1. The number of likely N-dealkylation sites (N-methyl/N-ethyl adjacent to an activating group) is 1. The Morgan fingerprint density at radius 2 is 1.94 bits per heavy atom. The summed E-state index contributed by atoms with van der Waals surface area (Å²) in [5.74, 6) is -0.454. The summed E-state index contributed by atoms with van der Waals surface area (Å²) >= 11 is 3.99. The van der Waals surface area contributed by atoms with Gasteiger partial charge < -0.3 is 14.5 Å². The van der Waals surface area contributed by atoms with E-state index in [-0.39, 0.29) is 11.7 Å². The second-order valence-corrected chi connectivity index (χ2v) is 4.98. The van der Waals surface area contributed by atoms with Crippen LogP contribution in [0.3, 0.4) is 0 Å². The van der Waals surface area contributed by atoms with E-state index >= 15 is 0 Å². The number of esters is 1. The fraction of sp³-hybridized carbons (Fsp3) is 0.800. The molecule has 1 N–H and O–H groups in total. The first-order chi connectivity index (χ1) is 7.26. The van der Waals surface area contributed by atoms with Crippen LogP contribution in [0.2, 0.25) is 0 Å². The third-order valence-corrected chi connectivity index (χ3v) is 2.22. The fourth-order valence-electron chi connectivity index (χ4n) is 0.945. The fourth-order valence-corrected chi connectivity index (χ4v) is 1.19. The highest BCUT2D eigenvalue weighted by Crippen LogP contribution is 1.95. The van der Waals surface area contributed by atoms with Gasteiger partial charge in [0.15, 0.2) is 0 Å². The molecule has 0 bridgehead atoms. The lowest BCUT2D eigenvalue weighted by molar-refractivity contribution is -0.870. The van der Waals surface area contributed by atoms with Gasteiger partial charge in [0.2, 0.25) is 5.91 Å². The van der Waals surface area contributed by atoms with Crippen molar-refractivity contribution in [3.05, 3.63) is 0 Å². The molecule has 0 aliphatic heterocycles. The Morgan fingerprint density at radius 3 is 2.31 bits per heavy atom. The number of hydrogen-bond acceptors (Lipinski definition) is 4. The second-order valence-electron chi connectivity index (χ2n) is 4.62. The van der Waals surface area contributed by atoms with Crippen LogP contribution >= 0.6 is 12.6 Å². The van der Waals surface area contributed by atoms with Gasteiger partial charge >= 0.3 is 5.97 Å². The number of rotatable bonds is 6. The Balaban J connectivity index is 3.98. The summed E-state index contributed by atoms with van der Waals surface area (Å²) in [6.45, 7) is 2.42. The van der Waals surface area contributed by atoms with Crippen LogP contribution in [0.4, 0.5) is 0 Å². The molecule has 0 saturated carbocycles. The van der Waals surface area contributed by atoms with E-state index in [9.17, 15) is 9.59 Å². The predicted molar refractivity (Wildman–Crippen MR) is 65.3 cm³/mol. The highest BCUT2D eigenvalue weighted by Gasteiger charge is 2.20. The quantitative estimate of drug-likeness (QED) is 0.385. The highest BCUT2D eigenvalue weighted by atomic mass is 32.1. The molecule has 0 heterocycles. The molecule has 0 aromatic rings. The largest absolute Gasteiger partial charge is 0.458 e. The van der Waals surface area contributed by atoms with Crippen LogP contribution in [-0.4, -0.2) is 62.4 Å². The van der Waals surface area contributed by atoms with Crippen molar-refractivity contribution in [3.8, 4) is 0 Å². The van der Waals surface area contributed by atoms with Crippen molar-refractivity contribution in [2.45, 2.75) is 13.0 Å². The molecule has 0 aliphatic carbocycles. The monoisotopic (exact) mass is 249 g/mol. The zero-order valence-corrected chi connectivity index (χ0v) is 11.2. The van der Waals surface area contributed by atoms with Gasteiger partial charge in [0, 0.05) is 12.7 Å². The number of amides is 1. The Morgan fingerprint density at radius 1 is 1.38 bits per heavy atom. The first kappa shape index (κ1) is 15.2. The maximum Gasteiger partial charge on any atom is 0.329 e.